The molecule has 0 radical (unpaired) electrons. The van der Waals surface area contributed by atoms with Crippen LogP contribution in [-0.2, 0) is 9.47 Å². The molecule has 1 N–H and O–H groups in total. The summed E-state index contributed by atoms with van der Waals surface area (Å²) in [5.41, 5.74) is 0.0674. The molecular formula is C29H34FN3O5. The van der Waals surface area contributed by atoms with E-state index in [2.05, 4.69) is 5.32 Å². The number of ether oxygens (including phenoxy) is 3. The zero-order valence-electron chi connectivity index (χ0n) is 22.0. The Morgan fingerprint density at radius 1 is 1.16 bits per heavy atom. The summed E-state index contributed by atoms with van der Waals surface area (Å²) < 4.78 is 33.4. The molecule has 2 aromatic carbocycles. The number of hydrogen-bond donors (Lipinski definition) is 1. The molecule has 2 atom stereocenters. The summed E-state index contributed by atoms with van der Waals surface area (Å²) >= 11 is 0. The van der Waals surface area contributed by atoms with Gasteiger partial charge in [0.1, 0.15) is 23.8 Å². The van der Waals surface area contributed by atoms with Crippen LogP contribution < -0.4 is 20.5 Å². The maximum absolute atomic E-state index is 15.2. The average molecular weight is 524 g/mol. The van der Waals surface area contributed by atoms with Crippen molar-refractivity contribution in [1.82, 2.24) is 9.88 Å². The molecule has 202 valence electrons. The van der Waals surface area contributed by atoms with Gasteiger partial charge in [0.2, 0.25) is 0 Å². The van der Waals surface area contributed by atoms with Gasteiger partial charge in [0.05, 0.1) is 23.5 Å². The molecule has 3 heterocycles. The van der Waals surface area contributed by atoms with Crippen LogP contribution in [-0.4, -0.2) is 54.7 Å². The number of nitrogens with zero attached hydrogens (tertiary/aromatic N) is 2. The number of carbonyl (C=O) groups is 1. The zero-order valence-corrected chi connectivity index (χ0v) is 22.0. The Morgan fingerprint density at radius 3 is 2.74 bits per heavy atom. The number of anilines is 1. The second-order valence-electron chi connectivity index (χ2n) is 10.9. The molecule has 0 bridgehead atoms. The summed E-state index contributed by atoms with van der Waals surface area (Å²) in [6.45, 7) is 7.77. The second kappa shape index (κ2) is 10.6. The summed E-state index contributed by atoms with van der Waals surface area (Å²) in [6.07, 6.45) is 4.02. The lowest BCUT2D eigenvalue weighted by molar-refractivity contribution is 0.0509. The van der Waals surface area contributed by atoms with Crippen molar-refractivity contribution in [3.05, 3.63) is 64.8 Å². The van der Waals surface area contributed by atoms with Crippen molar-refractivity contribution in [3.63, 3.8) is 0 Å². The quantitative estimate of drug-likeness (QED) is 0.500. The van der Waals surface area contributed by atoms with Crippen molar-refractivity contribution in [2.24, 2.45) is 0 Å². The van der Waals surface area contributed by atoms with E-state index < -0.39 is 17.5 Å². The van der Waals surface area contributed by atoms with Crippen LogP contribution in [0.3, 0.4) is 0 Å². The van der Waals surface area contributed by atoms with Crippen LogP contribution in [0.2, 0.25) is 0 Å². The summed E-state index contributed by atoms with van der Waals surface area (Å²) in [4.78, 5) is 27.2. The summed E-state index contributed by atoms with van der Waals surface area (Å²) in [7, 11) is 0. The maximum atomic E-state index is 15.2. The molecule has 1 aromatic heterocycles. The number of alkyl carbamates (subject to hydrolysis) is 1. The van der Waals surface area contributed by atoms with Crippen LogP contribution in [0.25, 0.3) is 16.5 Å². The Hall–Kier alpha value is -3.59. The van der Waals surface area contributed by atoms with Crippen LogP contribution in [0.1, 0.15) is 40.0 Å². The van der Waals surface area contributed by atoms with Crippen molar-refractivity contribution >= 4 is 22.6 Å². The van der Waals surface area contributed by atoms with E-state index >= 15 is 4.39 Å². The van der Waals surface area contributed by atoms with Crippen LogP contribution in [0.5, 0.6) is 5.75 Å². The van der Waals surface area contributed by atoms with Gasteiger partial charge in [-0.3, -0.25) is 9.36 Å². The molecule has 2 aliphatic heterocycles. The molecule has 0 saturated carbocycles. The number of hydrogen-bond acceptors (Lipinski definition) is 6. The number of amides is 1. The van der Waals surface area contributed by atoms with Crippen LogP contribution >= 0.6 is 0 Å². The predicted octanol–water partition coefficient (Wildman–Crippen LogP) is 4.79. The van der Waals surface area contributed by atoms with E-state index in [9.17, 15) is 9.59 Å². The predicted molar refractivity (Wildman–Crippen MR) is 144 cm³/mol. The summed E-state index contributed by atoms with van der Waals surface area (Å²) in [5, 5.41) is 4.14. The minimum absolute atomic E-state index is 0.115. The molecule has 3 aromatic rings. The lowest BCUT2D eigenvalue weighted by atomic mass is 10.1. The van der Waals surface area contributed by atoms with E-state index in [0.717, 1.165) is 24.8 Å². The molecule has 0 spiro atoms. The average Bonchev–Trinajstić information content (AvgIpc) is 3.54. The van der Waals surface area contributed by atoms with Gasteiger partial charge in [0.15, 0.2) is 0 Å². The molecular weight excluding hydrogens is 489 g/mol. The molecule has 2 aliphatic rings. The van der Waals surface area contributed by atoms with Crippen molar-refractivity contribution in [2.45, 2.75) is 57.8 Å². The fraction of sp³-hybridized carbons (Fsp3) is 0.448. The standard InChI is InChI=1S/C29H34FN3O5/c1-29(2,3)38-28(35)31-20-11-12-32(17-20)26-9-6-21(16-25(26)30)33-13-10-19-15-22(7-8-24(19)27(33)34)37-18-23-5-4-14-36-23/h6-10,13,15-16,20,23H,4-5,11-12,14,17-18H2,1-3H3,(H,31,35). The number of halogens is 1. The summed E-state index contributed by atoms with van der Waals surface area (Å²) in [5.74, 6) is 0.260. The topological polar surface area (TPSA) is 82.0 Å². The zero-order chi connectivity index (χ0) is 26.9. The molecule has 8 nitrogen and oxygen atoms in total. The number of fused-ring (bicyclic) bond motifs is 1. The third kappa shape index (κ3) is 5.93. The van der Waals surface area contributed by atoms with Gasteiger partial charge in [-0.05, 0) is 81.8 Å². The van der Waals surface area contributed by atoms with Crippen LogP contribution in [0.15, 0.2) is 53.5 Å². The Labute approximate surface area is 221 Å². The van der Waals surface area contributed by atoms with E-state index in [4.69, 9.17) is 14.2 Å². The first kappa shape index (κ1) is 26.0. The fourth-order valence-electron chi connectivity index (χ4n) is 4.96. The smallest absolute Gasteiger partial charge is 0.407 e. The highest BCUT2D eigenvalue weighted by Crippen LogP contribution is 2.27. The fourth-order valence-corrected chi connectivity index (χ4v) is 4.96. The third-order valence-corrected chi connectivity index (χ3v) is 6.79. The number of aromatic nitrogens is 1. The van der Waals surface area contributed by atoms with Crippen LogP contribution in [0.4, 0.5) is 14.9 Å². The maximum Gasteiger partial charge on any atom is 0.407 e. The highest BCUT2D eigenvalue weighted by atomic mass is 19.1. The normalized spacial score (nSPS) is 19.6. The van der Waals surface area contributed by atoms with Crippen molar-refractivity contribution < 1.29 is 23.4 Å². The van der Waals surface area contributed by atoms with Crippen molar-refractivity contribution in [2.75, 3.05) is 31.2 Å². The van der Waals surface area contributed by atoms with E-state index in [1.54, 1.807) is 30.5 Å². The highest BCUT2D eigenvalue weighted by Gasteiger charge is 2.28. The Kier molecular flexibility index (Phi) is 7.29. The first-order valence-electron chi connectivity index (χ1n) is 13.1. The van der Waals surface area contributed by atoms with Crippen molar-refractivity contribution in [1.29, 1.82) is 0 Å². The Morgan fingerprint density at radius 2 is 2.00 bits per heavy atom. The molecule has 2 saturated heterocycles. The molecule has 38 heavy (non-hydrogen) atoms. The van der Waals surface area contributed by atoms with Crippen molar-refractivity contribution in [3.8, 4) is 11.4 Å². The minimum Gasteiger partial charge on any atom is -0.491 e. The van der Waals surface area contributed by atoms with E-state index in [1.165, 1.54) is 10.6 Å². The van der Waals surface area contributed by atoms with E-state index in [-0.39, 0.29) is 17.7 Å². The van der Waals surface area contributed by atoms with Gasteiger partial charge < -0.3 is 24.4 Å². The molecule has 2 unspecified atom stereocenters. The molecule has 1 amide bonds. The van der Waals surface area contributed by atoms with E-state index in [1.807, 2.05) is 37.8 Å². The van der Waals surface area contributed by atoms with Gasteiger partial charge in [-0.1, -0.05) is 0 Å². The van der Waals surface area contributed by atoms with Gasteiger partial charge in [-0.15, -0.1) is 0 Å². The SMILES string of the molecule is CC(C)(C)OC(=O)NC1CCN(c2ccc(-n3ccc4cc(OCC5CCCO5)ccc4c3=O)cc2F)C1. The van der Waals surface area contributed by atoms with Gasteiger partial charge in [0.25, 0.3) is 5.56 Å². The second-order valence-corrected chi connectivity index (χ2v) is 10.9. The summed E-state index contributed by atoms with van der Waals surface area (Å²) in [6, 6.07) is 11.8. The lowest BCUT2D eigenvalue weighted by Crippen LogP contribution is -2.40. The number of nitrogens with one attached hydrogen (secondary N) is 1. The number of benzene rings is 2. The Balaban J connectivity index is 1.28. The van der Waals surface area contributed by atoms with Gasteiger partial charge in [-0.2, -0.15) is 0 Å². The molecule has 0 aliphatic carbocycles. The highest BCUT2D eigenvalue weighted by molar-refractivity contribution is 5.83. The third-order valence-electron chi connectivity index (χ3n) is 6.79. The van der Waals surface area contributed by atoms with E-state index in [0.29, 0.717) is 48.6 Å². The largest absolute Gasteiger partial charge is 0.491 e. The molecule has 2 fully saturated rings. The molecule has 9 heteroatoms. The van der Waals surface area contributed by atoms with Gasteiger partial charge >= 0.3 is 6.09 Å². The number of pyridine rings is 1. The lowest BCUT2D eigenvalue weighted by Gasteiger charge is -2.23. The van der Waals surface area contributed by atoms with Crippen LogP contribution in [0, 0.1) is 5.82 Å². The molecule has 5 rings (SSSR count). The minimum atomic E-state index is -0.578. The first-order valence-corrected chi connectivity index (χ1v) is 13.1. The number of rotatable bonds is 6. The Bertz CT molecular complexity index is 1380. The van der Waals surface area contributed by atoms with Gasteiger partial charge in [0, 0.05) is 37.3 Å². The number of carbonyl (C=O) groups excluding carboxylic acids is 1. The van der Waals surface area contributed by atoms with Gasteiger partial charge in [-0.25, -0.2) is 9.18 Å². The first-order chi connectivity index (χ1) is 18.2. The monoisotopic (exact) mass is 523 g/mol.